The first kappa shape index (κ1) is 17.3. The molecule has 0 bridgehead atoms. The van der Waals surface area contributed by atoms with E-state index in [9.17, 15) is 0 Å². The van der Waals surface area contributed by atoms with E-state index in [0.717, 1.165) is 23.0 Å². The quantitative estimate of drug-likeness (QED) is 0.516. The number of aromatic nitrogens is 4. The molecule has 0 aromatic carbocycles. The van der Waals surface area contributed by atoms with Gasteiger partial charge in [-0.1, -0.05) is 12.1 Å². The molecular weight excluding hydrogens is 332 g/mol. The summed E-state index contributed by atoms with van der Waals surface area (Å²) in [5, 5.41) is 0. The van der Waals surface area contributed by atoms with Crippen LogP contribution in [-0.2, 0) is 5.41 Å². The van der Waals surface area contributed by atoms with E-state index in [-0.39, 0.29) is 5.41 Å². The van der Waals surface area contributed by atoms with Crippen molar-refractivity contribution >= 4 is 0 Å². The Hall–Kier alpha value is -3.14. The summed E-state index contributed by atoms with van der Waals surface area (Å²) in [6.07, 6.45) is 4.09. The van der Waals surface area contributed by atoms with E-state index in [1.54, 1.807) is 0 Å². The Morgan fingerprint density at radius 3 is 1.44 bits per heavy atom. The maximum absolute atomic E-state index is 4.95. The Labute approximate surface area is 160 Å². The third kappa shape index (κ3) is 3.08. The highest BCUT2D eigenvalue weighted by atomic mass is 15.1. The molecule has 136 valence electrons. The molecule has 0 saturated carbocycles. The lowest BCUT2D eigenvalue weighted by molar-refractivity contribution is 0.591. The zero-order valence-corrected chi connectivity index (χ0v) is 16.2. The van der Waals surface area contributed by atoms with Gasteiger partial charge in [0.15, 0.2) is 0 Å². The van der Waals surface area contributed by atoms with E-state index in [1.807, 2.05) is 36.7 Å². The highest BCUT2D eigenvalue weighted by molar-refractivity contribution is 5.38. The molecule has 0 unspecified atom stereocenters. The second-order valence-corrected chi connectivity index (χ2v) is 7.43. The van der Waals surface area contributed by atoms with Gasteiger partial charge in [0.05, 0.1) is 11.4 Å². The van der Waals surface area contributed by atoms with Gasteiger partial charge in [0, 0.05) is 29.2 Å². The summed E-state index contributed by atoms with van der Waals surface area (Å²) in [4.78, 5) is 9.90. The van der Waals surface area contributed by atoms with Crippen LogP contribution in [0, 0.1) is 13.8 Å². The predicted molar refractivity (Wildman–Crippen MR) is 109 cm³/mol. The minimum absolute atomic E-state index is 0.311. The standard InChI is InChI=1S/C23H24N4/c1-17-9-7-15-26(17)21-13-5-11-19(24-21)23(3,4)20-12-6-14-22(25-20)27-16-8-10-18(27)2/h5-16H,1-4H3. The fourth-order valence-electron chi connectivity index (χ4n) is 3.39. The first-order valence-electron chi connectivity index (χ1n) is 9.20. The minimum atomic E-state index is -0.311. The zero-order chi connectivity index (χ0) is 19.0. The molecule has 0 amide bonds. The Morgan fingerprint density at radius 1 is 0.630 bits per heavy atom. The van der Waals surface area contributed by atoms with Gasteiger partial charge in [-0.25, -0.2) is 9.97 Å². The smallest absolute Gasteiger partial charge is 0.137 e. The Balaban J connectivity index is 1.76. The number of rotatable bonds is 4. The topological polar surface area (TPSA) is 35.6 Å². The van der Waals surface area contributed by atoms with Crippen molar-refractivity contribution in [3.63, 3.8) is 0 Å². The second-order valence-electron chi connectivity index (χ2n) is 7.43. The Kier molecular flexibility index (Phi) is 4.19. The van der Waals surface area contributed by atoms with E-state index in [1.165, 1.54) is 11.4 Å². The van der Waals surface area contributed by atoms with Gasteiger partial charge in [-0.15, -0.1) is 0 Å². The van der Waals surface area contributed by atoms with Gasteiger partial charge in [-0.05, 0) is 76.2 Å². The predicted octanol–water partition coefficient (Wildman–Crippen LogP) is 5.00. The fourth-order valence-corrected chi connectivity index (χ4v) is 3.39. The van der Waals surface area contributed by atoms with Crippen molar-refractivity contribution < 1.29 is 0 Å². The second kappa shape index (κ2) is 6.54. The van der Waals surface area contributed by atoms with E-state index in [0.29, 0.717) is 0 Å². The maximum Gasteiger partial charge on any atom is 0.137 e. The fraction of sp³-hybridized carbons (Fsp3) is 0.217. The van der Waals surface area contributed by atoms with Crippen molar-refractivity contribution in [1.82, 2.24) is 19.1 Å². The Morgan fingerprint density at radius 2 is 1.07 bits per heavy atom. The van der Waals surface area contributed by atoms with Crippen LogP contribution in [-0.4, -0.2) is 19.1 Å². The summed E-state index contributed by atoms with van der Waals surface area (Å²) < 4.78 is 4.21. The molecule has 0 aliphatic carbocycles. The molecule has 0 N–H and O–H groups in total. The molecule has 0 fully saturated rings. The average molecular weight is 356 g/mol. The Bertz CT molecular complexity index is 999. The third-order valence-electron chi connectivity index (χ3n) is 5.15. The lowest BCUT2D eigenvalue weighted by Crippen LogP contribution is -2.23. The van der Waals surface area contributed by atoms with Crippen LogP contribution < -0.4 is 0 Å². The van der Waals surface area contributed by atoms with Gasteiger partial charge in [-0.2, -0.15) is 0 Å². The number of aryl methyl sites for hydroxylation is 2. The first-order chi connectivity index (χ1) is 13.0. The van der Waals surface area contributed by atoms with E-state index in [4.69, 9.17) is 9.97 Å². The van der Waals surface area contributed by atoms with Crippen molar-refractivity contribution in [2.24, 2.45) is 0 Å². The highest BCUT2D eigenvalue weighted by Crippen LogP contribution is 2.30. The van der Waals surface area contributed by atoms with Crippen molar-refractivity contribution in [1.29, 1.82) is 0 Å². The van der Waals surface area contributed by atoms with Crippen molar-refractivity contribution in [3.05, 3.63) is 95.8 Å². The third-order valence-corrected chi connectivity index (χ3v) is 5.15. The van der Waals surface area contributed by atoms with Gasteiger partial charge in [0.25, 0.3) is 0 Å². The SMILES string of the molecule is Cc1cccn1-c1cccc(C(C)(C)c2cccc(-n3cccc3C)n2)n1. The molecule has 4 heterocycles. The molecule has 0 saturated heterocycles. The zero-order valence-electron chi connectivity index (χ0n) is 16.2. The normalized spacial score (nSPS) is 11.7. The highest BCUT2D eigenvalue weighted by Gasteiger charge is 2.27. The van der Waals surface area contributed by atoms with Crippen LogP contribution in [0.3, 0.4) is 0 Å². The van der Waals surface area contributed by atoms with Crippen molar-refractivity contribution in [3.8, 4) is 11.6 Å². The van der Waals surface area contributed by atoms with Crippen LogP contribution in [0.1, 0.15) is 36.6 Å². The van der Waals surface area contributed by atoms with Gasteiger partial charge in [-0.3, -0.25) is 0 Å². The molecule has 0 radical (unpaired) electrons. The van der Waals surface area contributed by atoms with Gasteiger partial charge < -0.3 is 9.13 Å². The molecule has 4 aromatic heterocycles. The van der Waals surface area contributed by atoms with E-state index in [2.05, 4.69) is 73.2 Å². The number of nitrogens with zero attached hydrogens (tertiary/aromatic N) is 4. The van der Waals surface area contributed by atoms with E-state index >= 15 is 0 Å². The van der Waals surface area contributed by atoms with Crippen LogP contribution in [0.4, 0.5) is 0 Å². The summed E-state index contributed by atoms with van der Waals surface area (Å²) in [5.41, 5.74) is 4.03. The minimum Gasteiger partial charge on any atom is -0.306 e. The number of pyridine rings is 2. The molecule has 4 aromatic rings. The van der Waals surface area contributed by atoms with Gasteiger partial charge in [0.1, 0.15) is 11.6 Å². The van der Waals surface area contributed by atoms with Crippen LogP contribution in [0.25, 0.3) is 11.6 Å². The molecule has 27 heavy (non-hydrogen) atoms. The van der Waals surface area contributed by atoms with E-state index < -0.39 is 0 Å². The summed E-state index contributed by atoms with van der Waals surface area (Å²) in [5.74, 6) is 1.86. The lowest BCUT2D eigenvalue weighted by Gasteiger charge is -2.25. The summed E-state index contributed by atoms with van der Waals surface area (Å²) in [6, 6.07) is 20.6. The summed E-state index contributed by atoms with van der Waals surface area (Å²) >= 11 is 0. The van der Waals surface area contributed by atoms with Gasteiger partial charge in [0.2, 0.25) is 0 Å². The number of hydrogen-bond donors (Lipinski definition) is 0. The monoisotopic (exact) mass is 356 g/mol. The summed E-state index contributed by atoms with van der Waals surface area (Å²) in [6.45, 7) is 8.53. The average Bonchev–Trinajstić information content (AvgIpc) is 3.30. The summed E-state index contributed by atoms with van der Waals surface area (Å²) in [7, 11) is 0. The largest absolute Gasteiger partial charge is 0.306 e. The van der Waals surface area contributed by atoms with Crippen LogP contribution >= 0.6 is 0 Å². The molecular formula is C23H24N4. The van der Waals surface area contributed by atoms with Crippen LogP contribution in [0.5, 0.6) is 0 Å². The molecule has 0 aliphatic heterocycles. The number of hydrogen-bond acceptors (Lipinski definition) is 2. The maximum atomic E-state index is 4.95. The van der Waals surface area contributed by atoms with Gasteiger partial charge >= 0.3 is 0 Å². The van der Waals surface area contributed by atoms with Crippen molar-refractivity contribution in [2.45, 2.75) is 33.1 Å². The molecule has 4 nitrogen and oxygen atoms in total. The molecule has 4 heteroatoms. The lowest BCUT2D eigenvalue weighted by atomic mass is 9.84. The molecule has 0 aliphatic rings. The molecule has 0 atom stereocenters. The molecule has 4 rings (SSSR count). The van der Waals surface area contributed by atoms with Crippen molar-refractivity contribution in [2.75, 3.05) is 0 Å². The van der Waals surface area contributed by atoms with Crippen LogP contribution in [0.2, 0.25) is 0 Å². The molecule has 0 spiro atoms. The first-order valence-corrected chi connectivity index (χ1v) is 9.20. The van der Waals surface area contributed by atoms with Crippen LogP contribution in [0.15, 0.2) is 73.1 Å².